The molecule has 0 aliphatic carbocycles. The number of rotatable bonds is 3. The van der Waals surface area contributed by atoms with Crippen molar-refractivity contribution in [3.63, 3.8) is 0 Å². The zero-order chi connectivity index (χ0) is 15.7. The van der Waals surface area contributed by atoms with Crippen molar-refractivity contribution in [3.05, 3.63) is 65.5 Å². The van der Waals surface area contributed by atoms with E-state index in [9.17, 15) is 13.2 Å². The van der Waals surface area contributed by atoms with Crippen LogP contribution in [0.5, 0.6) is 0 Å². The van der Waals surface area contributed by atoms with Crippen LogP contribution in [0.2, 0.25) is 0 Å². The third-order valence-corrected chi connectivity index (χ3v) is 4.39. The smallest absolute Gasteiger partial charge is 0.247 e. The summed E-state index contributed by atoms with van der Waals surface area (Å²) >= 11 is 0. The van der Waals surface area contributed by atoms with Crippen LogP contribution in [-0.2, 0) is 9.84 Å². The van der Waals surface area contributed by atoms with Crippen LogP contribution in [0.3, 0.4) is 0 Å². The molecule has 0 radical (unpaired) electrons. The molecule has 7 heteroatoms. The van der Waals surface area contributed by atoms with Gasteiger partial charge in [-0.2, -0.15) is 0 Å². The Morgan fingerprint density at radius 1 is 1.09 bits per heavy atom. The molecule has 0 fully saturated rings. The van der Waals surface area contributed by atoms with E-state index in [1.165, 1.54) is 12.3 Å². The molecule has 0 aliphatic rings. The average Bonchev–Trinajstić information content (AvgIpc) is 2.97. The fourth-order valence-corrected chi connectivity index (χ4v) is 2.77. The molecule has 0 atom stereocenters. The second-order valence-corrected chi connectivity index (χ2v) is 6.87. The van der Waals surface area contributed by atoms with Crippen LogP contribution in [0.4, 0.5) is 0 Å². The van der Waals surface area contributed by atoms with Gasteiger partial charge in [0.05, 0.1) is 23.1 Å². The predicted molar refractivity (Wildman–Crippen MR) is 82.7 cm³/mol. The number of pyridine rings is 1. The number of hydrogen-bond acceptors (Lipinski definition) is 4. The Bertz CT molecular complexity index is 949. The highest BCUT2D eigenvalue weighted by Crippen LogP contribution is 2.22. The molecule has 22 heavy (non-hydrogen) atoms. The number of aromatic nitrogens is 3. The summed E-state index contributed by atoms with van der Waals surface area (Å²) in [6, 6.07) is 9.69. The Labute approximate surface area is 127 Å². The van der Waals surface area contributed by atoms with E-state index in [1.807, 2.05) is 4.57 Å². The van der Waals surface area contributed by atoms with Gasteiger partial charge in [0.15, 0.2) is 9.84 Å². The Morgan fingerprint density at radius 2 is 1.82 bits per heavy atom. The van der Waals surface area contributed by atoms with E-state index in [4.69, 9.17) is 0 Å². The molecule has 0 spiro atoms. The second kappa shape index (κ2) is 5.27. The molecule has 0 unspecified atom stereocenters. The second-order valence-electron chi connectivity index (χ2n) is 4.86. The van der Waals surface area contributed by atoms with Crippen molar-refractivity contribution < 1.29 is 8.42 Å². The van der Waals surface area contributed by atoms with E-state index in [0.29, 0.717) is 0 Å². The number of nitrogens with one attached hydrogen (secondary N) is 1. The van der Waals surface area contributed by atoms with Crippen molar-refractivity contribution in [1.82, 2.24) is 14.5 Å². The fraction of sp³-hybridized carbons (Fsp3) is 0.0667. The minimum absolute atomic E-state index is 0.174. The molecule has 0 aliphatic heterocycles. The lowest BCUT2D eigenvalue weighted by Crippen LogP contribution is -2.03. The molecular weight excluding hydrogens is 302 g/mol. The summed E-state index contributed by atoms with van der Waals surface area (Å²) in [6.45, 7) is 0. The first kappa shape index (κ1) is 14.3. The van der Waals surface area contributed by atoms with Crippen LogP contribution >= 0.6 is 0 Å². The van der Waals surface area contributed by atoms with Crippen molar-refractivity contribution in [2.45, 2.75) is 4.90 Å². The lowest BCUT2D eigenvalue weighted by Gasteiger charge is -2.08. The average molecular weight is 315 g/mol. The van der Waals surface area contributed by atoms with Crippen LogP contribution in [0.1, 0.15) is 0 Å². The topological polar surface area (TPSA) is 84.8 Å². The summed E-state index contributed by atoms with van der Waals surface area (Å²) in [5.41, 5.74) is 2.21. The highest BCUT2D eigenvalue weighted by molar-refractivity contribution is 7.90. The monoisotopic (exact) mass is 315 g/mol. The number of nitrogens with zero attached hydrogens (tertiary/aromatic N) is 2. The predicted octanol–water partition coefficient (Wildman–Crippen LogP) is 1.63. The summed E-state index contributed by atoms with van der Waals surface area (Å²) in [7, 11) is -3.22. The molecule has 3 rings (SSSR count). The maximum atomic E-state index is 11.5. The van der Waals surface area contributed by atoms with Gasteiger partial charge < -0.3 is 4.98 Å². The molecule has 2 aromatic heterocycles. The lowest BCUT2D eigenvalue weighted by atomic mass is 10.2. The van der Waals surface area contributed by atoms with E-state index < -0.39 is 9.84 Å². The van der Waals surface area contributed by atoms with E-state index in [0.717, 1.165) is 16.9 Å². The summed E-state index contributed by atoms with van der Waals surface area (Å²) < 4.78 is 24.8. The van der Waals surface area contributed by atoms with E-state index in [1.54, 1.807) is 49.1 Å². The molecule has 0 saturated carbocycles. The van der Waals surface area contributed by atoms with E-state index in [-0.39, 0.29) is 10.5 Å². The first-order valence-electron chi connectivity index (χ1n) is 6.47. The van der Waals surface area contributed by atoms with Crippen molar-refractivity contribution in [2.75, 3.05) is 6.26 Å². The lowest BCUT2D eigenvalue weighted by molar-refractivity contribution is 0.602. The van der Waals surface area contributed by atoms with Gasteiger partial charge in [0.2, 0.25) is 5.56 Å². The van der Waals surface area contributed by atoms with Crippen molar-refractivity contribution in [2.24, 2.45) is 0 Å². The molecule has 0 bridgehead atoms. The molecule has 6 nitrogen and oxygen atoms in total. The maximum Gasteiger partial charge on any atom is 0.247 e. The number of H-pyrrole nitrogens is 1. The largest absolute Gasteiger partial charge is 0.328 e. The van der Waals surface area contributed by atoms with Crippen molar-refractivity contribution in [1.29, 1.82) is 0 Å². The van der Waals surface area contributed by atoms with E-state index in [2.05, 4.69) is 9.97 Å². The van der Waals surface area contributed by atoms with Gasteiger partial charge in [0.1, 0.15) is 0 Å². The quantitative estimate of drug-likeness (QED) is 0.796. The summed E-state index contributed by atoms with van der Waals surface area (Å²) in [5, 5.41) is 0. The first-order valence-corrected chi connectivity index (χ1v) is 8.36. The molecule has 3 aromatic rings. The van der Waals surface area contributed by atoms with Crippen LogP contribution in [0, 0.1) is 0 Å². The molecule has 0 amide bonds. The van der Waals surface area contributed by atoms with E-state index >= 15 is 0 Å². The zero-order valence-electron chi connectivity index (χ0n) is 11.7. The Morgan fingerprint density at radius 3 is 2.41 bits per heavy atom. The van der Waals surface area contributed by atoms with Gasteiger partial charge in [-0.1, -0.05) is 0 Å². The van der Waals surface area contributed by atoms with Crippen molar-refractivity contribution in [3.8, 4) is 16.9 Å². The summed E-state index contributed by atoms with van der Waals surface area (Å²) in [4.78, 5) is 18.1. The normalized spacial score (nSPS) is 11.5. The maximum absolute atomic E-state index is 11.5. The molecule has 0 saturated heterocycles. The number of imidazole rings is 1. The Kier molecular flexibility index (Phi) is 3.42. The highest BCUT2D eigenvalue weighted by atomic mass is 32.2. The first-order chi connectivity index (χ1) is 10.4. The van der Waals surface area contributed by atoms with Crippen LogP contribution in [0.15, 0.2) is 64.8 Å². The highest BCUT2D eigenvalue weighted by Gasteiger charge is 2.10. The van der Waals surface area contributed by atoms with Gasteiger partial charge >= 0.3 is 0 Å². The molecule has 2 heterocycles. The van der Waals surface area contributed by atoms with Crippen LogP contribution in [0.25, 0.3) is 16.9 Å². The van der Waals surface area contributed by atoms with Gasteiger partial charge in [0.25, 0.3) is 0 Å². The summed E-state index contributed by atoms with van der Waals surface area (Å²) in [5.74, 6) is 0. The van der Waals surface area contributed by atoms with Gasteiger partial charge in [-0.25, -0.2) is 13.4 Å². The van der Waals surface area contributed by atoms with Gasteiger partial charge in [-0.15, -0.1) is 0 Å². The Balaban J connectivity index is 2.05. The van der Waals surface area contributed by atoms with Gasteiger partial charge in [0, 0.05) is 29.8 Å². The molecule has 112 valence electrons. The molecule has 1 N–H and O–H groups in total. The molecular formula is C15H13N3O3S. The number of aromatic amines is 1. The third kappa shape index (κ3) is 2.71. The number of hydrogen-bond donors (Lipinski definition) is 1. The SMILES string of the molecule is CS(=O)(=O)c1ccc(-n2cncc2-c2ccc(=O)[nH]c2)cc1. The standard InChI is InChI=1S/C15H13N3O3S/c1-22(20,21)13-5-3-12(4-6-13)18-10-16-9-14(18)11-2-7-15(19)17-8-11/h2-10H,1H3,(H,17,19). The number of sulfone groups is 1. The van der Waals surface area contributed by atoms with Crippen LogP contribution in [-0.4, -0.2) is 29.2 Å². The van der Waals surface area contributed by atoms with Gasteiger partial charge in [-0.05, 0) is 30.3 Å². The number of benzene rings is 1. The van der Waals surface area contributed by atoms with Gasteiger partial charge in [-0.3, -0.25) is 9.36 Å². The fourth-order valence-electron chi connectivity index (χ4n) is 2.14. The third-order valence-electron chi connectivity index (χ3n) is 3.26. The minimum Gasteiger partial charge on any atom is -0.328 e. The summed E-state index contributed by atoms with van der Waals surface area (Å²) in [6.07, 6.45) is 6.10. The van der Waals surface area contributed by atoms with Crippen molar-refractivity contribution >= 4 is 9.84 Å². The van der Waals surface area contributed by atoms with Crippen LogP contribution < -0.4 is 5.56 Å². The molecule has 1 aromatic carbocycles. The zero-order valence-corrected chi connectivity index (χ0v) is 12.5. The minimum atomic E-state index is -3.22. The Hall–Kier alpha value is -2.67.